The molecule has 0 spiro atoms. The highest BCUT2D eigenvalue weighted by Crippen LogP contribution is 2.53. The summed E-state index contributed by atoms with van der Waals surface area (Å²) < 4.78 is 0.104. The lowest BCUT2D eigenvalue weighted by molar-refractivity contribution is -0.156. The molecular weight excluding hydrogens is 1130 g/mol. The van der Waals surface area contributed by atoms with E-state index in [1.165, 1.54) is 16.7 Å². The Hall–Kier alpha value is -9.44. The Bertz CT molecular complexity index is 3820. The van der Waals surface area contributed by atoms with Crippen molar-refractivity contribution in [1.82, 2.24) is 20.2 Å². The number of anilines is 1. The van der Waals surface area contributed by atoms with E-state index in [1.807, 2.05) is 218 Å². The summed E-state index contributed by atoms with van der Waals surface area (Å²) in [6.07, 6.45) is 2.40. The molecule has 86 heavy (non-hydrogen) atoms. The molecule has 3 atom stereocenters. The van der Waals surface area contributed by atoms with Crippen molar-refractivity contribution in [3.05, 3.63) is 332 Å². The molecule has 8 aromatic carbocycles. The lowest BCUT2D eigenvalue weighted by Gasteiger charge is -2.53. The van der Waals surface area contributed by atoms with Gasteiger partial charge in [-0.05, 0) is 52.9 Å². The molecule has 1 fully saturated rings. The number of nitrogens with two attached hydrogens (primary N) is 1. The number of fused-ring (bicyclic) bond motifs is 1. The Morgan fingerprint density at radius 3 is 1.58 bits per heavy atom. The Morgan fingerprint density at radius 2 is 1.13 bits per heavy atom. The van der Waals surface area contributed by atoms with Crippen LogP contribution in [0.25, 0.3) is 0 Å². The van der Waals surface area contributed by atoms with Crippen molar-refractivity contribution in [3.63, 3.8) is 0 Å². The number of allylic oxidation sites excluding steroid dienone is 1. The van der Waals surface area contributed by atoms with E-state index in [9.17, 15) is 9.90 Å². The molecule has 1 saturated heterocycles. The predicted octanol–water partition coefficient (Wildman–Crippen LogP) is 13.4. The van der Waals surface area contributed by atoms with Gasteiger partial charge in [-0.2, -0.15) is 0 Å². The third-order valence-corrected chi connectivity index (χ3v) is 18.4. The quantitative estimate of drug-likeness (QED) is 0.0235. The molecular formula is C71H58ClN7O5S2. The highest BCUT2D eigenvalue weighted by atomic mass is 35.5. The first-order valence-corrected chi connectivity index (χ1v) is 30.3. The average Bonchev–Trinajstić information content (AvgIpc) is 0.923. The number of aliphatic carboxylic acids is 1. The molecule has 2 amide bonds. The predicted molar refractivity (Wildman–Crippen MR) is 340 cm³/mol. The monoisotopic (exact) mass is 1190 g/mol. The molecule has 15 heteroatoms. The van der Waals surface area contributed by atoms with Crippen LogP contribution in [0.4, 0.5) is 5.13 Å². The van der Waals surface area contributed by atoms with Crippen molar-refractivity contribution >= 4 is 63.3 Å². The van der Waals surface area contributed by atoms with Gasteiger partial charge >= 0.3 is 5.97 Å². The number of aromatic nitrogens is 2. The normalized spacial score (nSPS) is 16.0. The number of amides is 2. The Kier molecular flexibility index (Phi) is 16.8. The van der Waals surface area contributed by atoms with E-state index >= 15 is 9.59 Å². The van der Waals surface area contributed by atoms with Crippen molar-refractivity contribution in [3.8, 4) is 0 Å². The zero-order valence-corrected chi connectivity index (χ0v) is 48.8. The molecule has 0 aliphatic carbocycles. The molecule has 0 radical (unpaired) electrons. The maximum Gasteiger partial charge on any atom is 0.353 e. The molecule has 4 heterocycles. The SMILES string of the molecule is NCCc1ncccc1SC1=C(C(=O)O)N2C(=O)[C@@H](NC(=O)C(=NOC(c3ccccc3)(c3ccccc3)c3ccccc3)c3nc(NC(c4ccccc4)(c4ccccc4)c4ccccc4)sc3Cl)[C@H]2CC1C(c1ccccc1)c1ccccc1. The van der Waals surface area contributed by atoms with Crippen LogP contribution in [0.1, 0.15) is 68.2 Å². The number of thioether (sulfide) groups is 1. The fourth-order valence-corrected chi connectivity index (χ4v) is 14.5. The van der Waals surface area contributed by atoms with E-state index in [1.54, 1.807) is 6.20 Å². The number of oxime groups is 1. The standard InChI is InChI=1S/C71H58ClN7O5S2/c72-65-61(76-69(86-65)77-70(49-30-13-3-14-31-49,50-32-15-4-16-33-50)51-34-17-5-18-35-51)62(78-84-71(52-36-19-6-20-37-52,53-38-21-7-22-39-53)54-40-23-8-24-41-54)66(80)75-60-57-46-55(59(47-26-9-1-10-27-47)48-28-11-2-12-29-48)64(63(68(82)83)79(57)67(60)81)85-58-42-25-45-74-56(58)43-44-73/h1-42,45,55,57,59-60H,43-44,46,73H2,(H,75,80)(H,76,77)(H,82,83)/t55?,57-,60+/m1/s1. The van der Waals surface area contributed by atoms with Crippen LogP contribution < -0.4 is 16.4 Å². The first-order chi connectivity index (χ1) is 42.2. The van der Waals surface area contributed by atoms with Crippen LogP contribution in [0, 0.1) is 5.92 Å². The molecule has 12 rings (SSSR count). The molecule has 10 aromatic rings. The van der Waals surface area contributed by atoms with Crippen LogP contribution in [-0.2, 0) is 36.8 Å². The van der Waals surface area contributed by atoms with E-state index in [0.717, 1.165) is 44.0 Å². The molecule has 0 bridgehead atoms. The fourth-order valence-electron chi connectivity index (χ4n) is 12.1. The minimum absolute atomic E-state index is 0.0178. The molecule has 2 aromatic heterocycles. The number of carbonyl (C=O) groups is 3. The van der Waals surface area contributed by atoms with Gasteiger partial charge in [0.25, 0.3) is 11.8 Å². The van der Waals surface area contributed by atoms with Gasteiger partial charge < -0.3 is 26.3 Å². The second-order valence-electron chi connectivity index (χ2n) is 20.9. The second kappa shape index (κ2) is 25.4. The molecule has 2 aliphatic rings. The number of nitrogens with one attached hydrogen (secondary N) is 2. The Morgan fingerprint density at radius 1 is 0.674 bits per heavy atom. The first kappa shape index (κ1) is 57.0. The number of pyridine rings is 1. The van der Waals surface area contributed by atoms with Crippen LogP contribution in [0.3, 0.4) is 0 Å². The number of benzene rings is 8. The largest absolute Gasteiger partial charge is 0.477 e. The molecule has 426 valence electrons. The molecule has 1 unspecified atom stereocenters. The Balaban J connectivity index is 1.00. The van der Waals surface area contributed by atoms with Gasteiger partial charge in [-0.1, -0.05) is 283 Å². The van der Waals surface area contributed by atoms with E-state index < -0.39 is 46.9 Å². The highest BCUT2D eigenvalue weighted by Gasteiger charge is 2.57. The lowest BCUT2D eigenvalue weighted by Crippen LogP contribution is -2.73. The zero-order valence-electron chi connectivity index (χ0n) is 46.4. The summed E-state index contributed by atoms with van der Waals surface area (Å²) in [6, 6.07) is 80.5. The molecule has 0 saturated carbocycles. The number of rotatable bonds is 21. The highest BCUT2D eigenvalue weighted by molar-refractivity contribution is 8.03. The van der Waals surface area contributed by atoms with Crippen LogP contribution in [0.5, 0.6) is 0 Å². The summed E-state index contributed by atoms with van der Waals surface area (Å²) in [5.74, 6) is -3.64. The van der Waals surface area contributed by atoms with Crippen molar-refractivity contribution in [2.24, 2.45) is 16.8 Å². The number of thiazole rings is 1. The summed E-state index contributed by atoms with van der Waals surface area (Å²) in [5, 5.41) is 23.6. The van der Waals surface area contributed by atoms with Crippen molar-refractivity contribution < 1.29 is 24.3 Å². The zero-order chi connectivity index (χ0) is 59.0. The molecule has 12 nitrogen and oxygen atoms in total. The number of carbonyl (C=O) groups excluding carboxylic acids is 2. The van der Waals surface area contributed by atoms with Crippen LogP contribution >= 0.6 is 34.7 Å². The van der Waals surface area contributed by atoms with Crippen LogP contribution in [0.15, 0.2) is 282 Å². The van der Waals surface area contributed by atoms with Gasteiger partial charge in [-0.3, -0.25) is 19.5 Å². The summed E-state index contributed by atoms with van der Waals surface area (Å²) in [4.78, 5) is 64.6. The van der Waals surface area contributed by atoms with Gasteiger partial charge in [0.2, 0.25) is 5.60 Å². The van der Waals surface area contributed by atoms with Gasteiger partial charge in [0, 0.05) is 50.9 Å². The number of hydrogen-bond donors (Lipinski definition) is 4. The number of β-lactam (4-membered cyclic amide) rings is 1. The van der Waals surface area contributed by atoms with E-state index in [-0.39, 0.29) is 33.8 Å². The van der Waals surface area contributed by atoms with Crippen molar-refractivity contribution in [2.45, 2.75) is 46.9 Å². The summed E-state index contributed by atoms with van der Waals surface area (Å²) in [7, 11) is 0. The summed E-state index contributed by atoms with van der Waals surface area (Å²) >= 11 is 9.87. The van der Waals surface area contributed by atoms with E-state index in [0.29, 0.717) is 45.4 Å². The molecule has 2 aliphatic heterocycles. The maximum atomic E-state index is 15.9. The van der Waals surface area contributed by atoms with Gasteiger partial charge in [0.15, 0.2) is 10.8 Å². The van der Waals surface area contributed by atoms with Gasteiger partial charge in [0.05, 0.1) is 11.7 Å². The van der Waals surface area contributed by atoms with Gasteiger partial charge in [-0.15, -0.1) is 0 Å². The minimum Gasteiger partial charge on any atom is -0.477 e. The topological polar surface area (TPSA) is 172 Å². The number of hydrogen-bond acceptors (Lipinski definition) is 11. The number of carboxylic acid groups (broad SMARTS) is 1. The fraction of sp³-hybridized carbons (Fsp3) is 0.127. The van der Waals surface area contributed by atoms with Crippen molar-refractivity contribution in [1.29, 1.82) is 0 Å². The smallest absolute Gasteiger partial charge is 0.353 e. The van der Waals surface area contributed by atoms with Crippen molar-refractivity contribution in [2.75, 3.05) is 11.9 Å². The average molecular weight is 1190 g/mol. The second-order valence-corrected chi connectivity index (χ2v) is 23.6. The third-order valence-electron chi connectivity index (χ3n) is 15.9. The summed E-state index contributed by atoms with van der Waals surface area (Å²) in [6.45, 7) is 0.325. The number of carboxylic acids is 1. The number of halogens is 1. The maximum absolute atomic E-state index is 15.9. The first-order valence-electron chi connectivity index (χ1n) is 28.3. The van der Waals surface area contributed by atoms with Crippen LogP contribution in [-0.4, -0.2) is 62.1 Å². The van der Waals surface area contributed by atoms with Crippen LogP contribution in [0.2, 0.25) is 4.34 Å². The Labute approximate surface area is 512 Å². The van der Waals surface area contributed by atoms with E-state index in [2.05, 4.69) is 52.0 Å². The number of nitrogens with zero attached hydrogens (tertiary/aromatic N) is 4. The van der Waals surface area contributed by atoms with Gasteiger partial charge in [0.1, 0.15) is 27.3 Å². The van der Waals surface area contributed by atoms with Gasteiger partial charge in [-0.25, -0.2) is 9.78 Å². The van der Waals surface area contributed by atoms with E-state index in [4.69, 9.17) is 32.3 Å². The third kappa shape index (κ3) is 11.0. The lowest BCUT2D eigenvalue weighted by atomic mass is 9.71. The summed E-state index contributed by atoms with van der Waals surface area (Å²) in [5.41, 5.74) is 10.5. The minimum atomic E-state index is -1.46. The molecule has 5 N–H and O–H groups in total.